The number of halogens is 1. The molecule has 3 heteroatoms. The van der Waals surface area contributed by atoms with E-state index in [-0.39, 0.29) is 0 Å². The lowest BCUT2D eigenvalue weighted by Crippen LogP contribution is -1.90. The van der Waals surface area contributed by atoms with E-state index in [2.05, 4.69) is 4.98 Å². The third-order valence-corrected chi connectivity index (χ3v) is 2.39. The molecular weight excluding hydrogens is 184 g/mol. The van der Waals surface area contributed by atoms with Gasteiger partial charge in [-0.25, -0.2) is 4.98 Å². The van der Waals surface area contributed by atoms with Crippen molar-refractivity contribution < 1.29 is 0 Å². The molecule has 2 N–H and O–H groups in total. The van der Waals surface area contributed by atoms with Crippen molar-refractivity contribution in [2.75, 3.05) is 5.73 Å². The summed E-state index contributed by atoms with van der Waals surface area (Å²) in [7, 11) is 0. The number of pyridine rings is 1. The summed E-state index contributed by atoms with van der Waals surface area (Å²) >= 11 is 5.93. The highest BCUT2D eigenvalue weighted by Gasteiger charge is 2.04. The Morgan fingerprint density at radius 3 is 2.85 bits per heavy atom. The average molecular weight is 193 g/mol. The molecule has 0 bridgehead atoms. The van der Waals surface area contributed by atoms with Crippen LogP contribution in [0.4, 0.5) is 5.69 Å². The van der Waals surface area contributed by atoms with Crippen LogP contribution in [0, 0.1) is 6.92 Å². The number of nitrogen functional groups attached to an aromatic ring is 1. The Morgan fingerprint density at radius 1 is 1.38 bits per heavy atom. The molecule has 66 valence electrons. The molecule has 2 rings (SSSR count). The number of benzene rings is 1. The van der Waals surface area contributed by atoms with Crippen LogP contribution in [-0.4, -0.2) is 4.98 Å². The Balaban J connectivity index is 3.00. The molecule has 0 saturated carbocycles. The van der Waals surface area contributed by atoms with Gasteiger partial charge in [0.1, 0.15) is 5.15 Å². The number of hydrogen-bond donors (Lipinski definition) is 1. The maximum atomic E-state index is 5.93. The number of nitrogens with zero attached hydrogens (tertiary/aromatic N) is 1. The summed E-state index contributed by atoms with van der Waals surface area (Å²) in [5.74, 6) is 0. The van der Waals surface area contributed by atoms with Crippen LogP contribution in [0.25, 0.3) is 10.8 Å². The van der Waals surface area contributed by atoms with Crippen LogP contribution in [0.1, 0.15) is 5.56 Å². The first kappa shape index (κ1) is 8.32. The predicted octanol–water partition coefficient (Wildman–Crippen LogP) is 2.78. The Kier molecular flexibility index (Phi) is 1.85. The highest BCUT2D eigenvalue weighted by Crippen LogP contribution is 2.28. The molecule has 0 radical (unpaired) electrons. The molecule has 0 unspecified atom stereocenters. The predicted molar refractivity (Wildman–Crippen MR) is 55.9 cm³/mol. The Bertz CT molecular complexity index is 457. The summed E-state index contributed by atoms with van der Waals surface area (Å²) in [4.78, 5) is 4.06. The van der Waals surface area contributed by atoms with Crippen LogP contribution in [0.3, 0.4) is 0 Å². The van der Waals surface area contributed by atoms with Crippen molar-refractivity contribution in [1.82, 2.24) is 4.98 Å². The zero-order valence-corrected chi connectivity index (χ0v) is 7.97. The third-order valence-electron chi connectivity index (χ3n) is 2.08. The van der Waals surface area contributed by atoms with E-state index in [0.717, 1.165) is 22.0 Å². The Hall–Kier alpha value is -1.28. The average Bonchev–Trinajstić information content (AvgIpc) is 2.12. The number of anilines is 1. The van der Waals surface area contributed by atoms with Gasteiger partial charge in [-0.05, 0) is 18.6 Å². The van der Waals surface area contributed by atoms with E-state index < -0.39 is 0 Å². The normalized spacial score (nSPS) is 10.6. The number of rotatable bonds is 0. The fourth-order valence-electron chi connectivity index (χ4n) is 1.47. The minimum Gasteiger partial charge on any atom is -0.398 e. The third kappa shape index (κ3) is 1.23. The van der Waals surface area contributed by atoms with Crippen LogP contribution >= 0.6 is 11.6 Å². The van der Waals surface area contributed by atoms with Crippen LogP contribution in [-0.2, 0) is 0 Å². The van der Waals surface area contributed by atoms with Crippen LogP contribution in [0.2, 0.25) is 5.15 Å². The summed E-state index contributed by atoms with van der Waals surface area (Å²) in [5, 5.41) is 2.43. The van der Waals surface area contributed by atoms with Crippen LogP contribution in [0.5, 0.6) is 0 Å². The molecule has 1 aromatic heterocycles. The summed E-state index contributed by atoms with van der Waals surface area (Å²) in [6, 6.07) is 5.67. The maximum Gasteiger partial charge on any atom is 0.136 e. The lowest BCUT2D eigenvalue weighted by atomic mass is 10.1. The molecule has 0 fully saturated rings. The van der Waals surface area contributed by atoms with Crippen LogP contribution in [0.15, 0.2) is 24.4 Å². The van der Waals surface area contributed by atoms with Crippen molar-refractivity contribution in [2.45, 2.75) is 6.92 Å². The van der Waals surface area contributed by atoms with Gasteiger partial charge in [0.15, 0.2) is 0 Å². The van der Waals surface area contributed by atoms with Gasteiger partial charge in [0.05, 0.1) is 0 Å². The van der Waals surface area contributed by atoms with Crippen molar-refractivity contribution in [3.8, 4) is 0 Å². The van der Waals surface area contributed by atoms with Gasteiger partial charge >= 0.3 is 0 Å². The van der Waals surface area contributed by atoms with Crippen molar-refractivity contribution in [3.63, 3.8) is 0 Å². The largest absolute Gasteiger partial charge is 0.398 e. The number of aromatic nitrogens is 1. The second-order valence-corrected chi connectivity index (χ2v) is 3.36. The number of fused-ring (bicyclic) bond motifs is 1. The van der Waals surface area contributed by atoms with Gasteiger partial charge in [-0.3, -0.25) is 0 Å². The first-order chi connectivity index (χ1) is 6.20. The molecule has 0 aliphatic rings. The van der Waals surface area contributed by atoms with Crippen molar-refractivity contribution >= 4 is 28.1 Å². The highest BCUT2D eigenvalue weighted by atomic mass is 35.5. The molecule has 0 saturated heterocycles. The lowest BCUT2D eigenvalue weighted by Gasteiger charge is -2.05. The summed E-state index contributed by atoms with van der Waals surface area (Å²) in [6.07, 6.45) is 1.74. The fraction of sp³-hybridized carbons (Fsp3) is 0.100. The van der Waals surface area contributed by atoms with E-state index in [1.807, 2.05) is 25.1 Å². The second-order valence-electron chi connectivity index (χ2n) is 3.00. The van der Waals surface area contributed by atoms with Gasteiger partial charge in [0, 0.05) is 22.7 Å². The zero-order valence-electron chi connectivity index (χ0n) is 7.21. The lowest BCUT2D eigenvalue weighted by molar-refractivity contribution is 1.31. The highest BCUT2D eigenvalue weighted by molar-refractivity contribution is 6.34. The minimum absolute atomic E-state index is 0.507. The number of aryl methyl sites for hydroxylation is 1. The van der Waals surface area contributed by atoms with Gasteiger partial charge < -0.3 is 5.73 Å². The minimum atomic E-state index is 0.507. The van der Waals surface area contributed by atoms with E-state index >= 15 is 0 Å². The quantitative estimate of drug-likeness (QED) is 0.515. The topological polar surface area (TPSA) is 38.9 Å². The van der Waals surface area contributed by atoms with E-state index in [1.165, 1.54) is 0 Å². The first-order valence-electron chi connectivity index (χ1n) is 3.99. The van der Waals surface area contributed by atoms with Crippen molar-refractivity contribution in [3.05, 3.63) is 35.1 Å². The van der Waals surface area contributed by atoms with Crippen molar-refractivity contribution in [1.29, 1.82) is 0 Å². The SMILES string of the molecule is Cc1cnc(Cl)c2cccc(N)c12. The molecule has 0 amide bonds. The molecule has 13 heavy (non-hydrogen) atoms. The molecular formula is C10H9ClN2. The molecule has 2 nitrogen and oxygen atoms in total. The zero-order chi connectivity index (χ0) is 9.42. The summed E-state index contributed by atoms with van der Waals surface area (Å²) in [6.45, 7) is 1.97. The molecule has 2 aromatic rings. The maximum absolute atomic E-state index is 5.93. The van der Waals surface area contributed by atoms with Crippen molar-refractivity contribution in [2.24, 2.45) is 0 Å². The smallest absolute Gasteiger partial charge is 0.136 e. The van der Waals surface area contributed by atoms with Gasteiger partial charge in [-0.15, -0.1) is 0 Å². The monoisotopic (exact) mass is 192 g/mol. The summed E-state index contributed by atoms with van der Waals surface area (Å²) < 4.78 is 0. The van der Waals surface area contributed by atoms with E-state index in [0.29, 0.717) is 5.15 Å². The first-order valence-corrected chi connectivity index (χ1v) is 4.37. The number of hydrogen-bond acceptors (Lipinski definition) is 2. The molecule has 1 aromatic carbocycles. The van der Waals surface area contributed by atoms with Crippen LogP contribution < -0.4 is 5.73 Å². The molecule has 0 spiro atoms. The van der Waals surface area contributed by atoms with E-state index in [9.17, 15) is 0 Å². The van der Waals surface area contributed by atoms with Gasteiger partial charge in [0.2, 0.25) is 0 Å². The fourth-order valence-corrected chi connectivity index (χ4v) is 1.68. The van der Waals surface area contributed by atoms with Gasteiger partial charge in [-0.2, -0.15) is 0 Å². The molecule has 0 aliphatic heterocycles. The molecule has 1 heterocycles. The van der Waals surface area contributed by atoms with Gasteiger partial charge in [-0.1, -0.05) is 23.7 Å². The van der Waals surface area contributed by atoms with E-state index in [1.54, 1.807) is 6.20 Å². The van der Waals surface area contributed by atoms with Gasteiger partial charge in [0.25, 0.3) is 0 Å². The summed E-state index contributed by atoms with van der Waals surface area (Å²) in [5.41, 5.74) is 7.64. The van der Waals surface area contributed by atoms with E-state index in [4.69, 9.17) is 17.3 Å². The Morgan fingerprint density at radius 2 is 2.15 bits per heavy atom. The Labute approximate surface area is 81.3 Å². The second kappa shape index (κ2) is 2.89. The molecule has 0 atom stereocenters. The number of nitrogens with two attached hydrogens (primary N) is 1. The standard InChI is InChI=1S/C10H9ClN2/c1-6-5-13-10(11)7-3-2-4-8(12)9(6)7/h2-5H,12H2,1H3. The molecule has 0 aliphatic carbocycles.